The van der Waals surface area contributed by atoms with E-state index in [9.17, 15) is 15.0 Å². The zero-order valence-corrected chi connectivity index (χ0v) is 10.3. The molecule has 3 atom stereocenters. The predicted octanol–water partition coefficient (Wildman–Crippen LogP) is 0.394. The number of aliphatic hydroxyl groups is 2. The smallest absolute Gasteiger partial charge is 0.253 e. The van der Waals surface area contributed by atoms with Crippen LogP contribution in [0.3, 0.4) is 0 Å². The van der Waals surface area contributed by atoms with Crippen molar-refractivity contribution in [3.8, 4) is 0 Å². The Morgan fingerprint density at radius 3 is 2.83 bits per heavy atom. The molecule has 1 heterocycles. The van der Waals surface area contributed by atoms with Crippen LogP contribution in [0.4, 0.5) is 0 Å². The topological polar surface area (TPSA) is 82.5 Å². The maximum atomic E-state index is 11.9. The van der Waals surface area contributed by atoms with Crippen molar-refractivity contribution in [3.63, 3.8) is 0 Å². The first-order chi connectivity index (χ1) is 8.58. The molecule has 1 aromatic rings. The molecule has 0 radical (unpaired) electrons. The first-order valence-corrected chi connectivity index (χ1v) is 6.17. The fourth-order valence-corrected chi connectivity index (χ4v) is 2.17. The number of carbonyl (C=O) groups excluding carboxylic acids is 1. The van der Waals surface area contributed by atoms with Gasteiger partial charge in [0, 0.05) is 11.9 Å². The van der Waals surface area contributed by atoms with Crippen LogP contribution < -0.4 is 5.32 Å². The lowest BCUT2D eigenvalue weighted by Crippen LogP contribution is -2.51. The number of hydrogen-bond donors (Lipinski definition) is 3. The van der Waals surface area contributed by atoms with Gasteiger partial charge in [-0.1, -0.05) is 0 Å². The Labute approximate surface area is 106 Å². The average molecular weight is 250 g/mol. The largest absolute Gasteiger partial charge is 0.390 e. The minimum absolute atomic E-state index is 0.263. The molecule has 1 saturated carbocycles. The van der Waals surface area contributed by atoms with Crippen LogP contribution in [-0.2, 0) is 0 Å². The van der Waals surface area contributed by atoms with E-state index >= 15 is 0 Å². The number of pyridine rings is 1. The van der Waals surface area contributed by atoms with E-state index in [1.54, 1.807) is 12.1 Å². The highest BCUT2D eigenvalue weighted by molar-refractivity contribution is 5.94. The lowest BCUT2D eigenvalue weighted by atomic mass is 9.90. The molecule has 3 N–H and O–H groups in total. The zero-order valence-electron chi connectivity index (χ0n) is 10.3. The minimum Gasteiger partial charge on any atom is -0.390 e. The van der Waals surface area contributed by atoms with E-state index in [-0.39, 0.29) is 11.9 Å². The Kier molecular flexibility index (Phi) is 3.93. The van der Waals surface area contributed by atoms with Crippen molar-refractivity contribution in [2.75, 3.05) is 0 Å². The van der Waals surface area contributed by atoms with Gasteiger partial charge in [0.25, 0.3) is 5.91 Å². The molecule has 0 unspecified atom stereocenters. The first-order valence-electron chi connectivity index (χ1n) is 6.17. The highest BCUT2D eigenvalue weighted by atomic mass is 16.3. The molecule has 1 amide bonds. The Balaban J connectivity index is 2.00. The molecule has 1 aliphatic rings. The highest BCUT2D eigenvalue weighted by Gasteiger charge is 2.31. The third-order valence-corrected chi connectivity index (χ3v) is 3.31. The van der Waals surface area contributed by atoms with Gasteiger partial charge in [0.05, 0.1) is 23.8 Å². The van der Waals surface area contributed by atoms with E-state index in [4.69, 9.17) is 0 Å². The third kappa shape index (κ3) is 2.86. The SMILES string of the molecule is Cc1ccc(C(=O)N[C@@H]2CCC[C@@H](O)[C@@H]2O)cn1. The van der Waals surface area contributed by atoms with Gasteiger partial charge < -0.3 is 15.5 Å². The number of aliphatic hydroxyl groups excluding tert-OH is 2. The molecule has 0 aromatic carbocycles. The van der Waals surface area contributed by atoms with Crippen molar-refractivity contribution >= 4 is 5.91 Å². The van der Waals surface area contributed by atoms with Gasteiger partial charge in [-0.05, 0) is 38.3 Å². The number of nitrogens with zero attached hydrogens (tertiary/aromatic N) is 1. The van der Waals surface area contributed by atoms with E-state index in [0.29, 0.717) is 18.4 Å². The van der Waals surface area contributed by atoms with Crippen molar-refractivity contribution in [1.82, 2.24) is 10.3 Å². The molecule has 5 heteroatoms. The van der Waals surface area contributed by atoms with Gasteiger partial charge in [0.1, 0.15) is 0 Å². The maximum absolute atomic E-state index is 11.9. The van der Waals surface area contributed by atoms with E-state index < -0.39 is 12.2 Å². The van der Waals surface area contributed by atoms with Crippen LogP contribution in [0.15, 0.2) is 18.3 Å². The normalized spacial score (nSPS) is 27.8. The molecule has 1 aliphatic carbocycles. The number of amides is 1. The van der Waals surface area contributed by atoms with Gasteiger partial charge in [0.2, 0.25) is 0 Å². The molecule has 0 spiro atoms. The second-order valence-corrected chi connectivity index (χ2v) is 4.76. The second kappa shape index (κ2) is 5.46. The van der Waals surface area contributed by atoms with Crippen molar-refractivity contribution < 1.29 is 15.0 Å². The van der Waals surface area contributed by atoms with Crippen LogP contribution in [0.2, 0.25) is 0 Å². The molecule has 5 nitrogen and oxygen atoms in total. The fraction of sp³-hybridized carbons (Fsp3) is 0.538. The Morgan fingerprint density at radius 1 is 1.39 bits per heavy atom. The van der Waals surface area contributed by atoms with E-state index in [1.807, 2.05) is 6.92 Å². The maximum Gasteiger partial charge on any atom is 0.253 e. The van der Waals surface area contributed by atoms with Crippen LogP contribution >= 0.6 is 0 Å². The lowest BCUT2D eigenvalue weighted by Gasteiger charge is -2.32. The molecule has 2 rings (SSSR count). The second-order valence-electron chi connectivity index (χ2n) is 4.76. The molecular formula is C13H18N2O3. The molecule has 1 aromatic heterocycles. The van der Waals surface area contributed by atoms with Crippen LogP contribution in [-0.4, -0.2) is 39.4 Å². The molecule has 98 valence electrons. The third-order valence-electron chi connectivity index (χ3n) is 3.31. The summed E-state index contributed by atoms with van der Waals surface area (Å²) < 4.78 is 0. The van der Waals surface area contributed by atoms with Crippen molar-refractivity contribution in [2.24, 2.45) is 0 Å². The number of rotatable bonds is 2. The standard InChI is InChI=1S/C13H18N2O3/c1-8-5-6-9(7-14-8)13(18)15-10-3-2-4-11(16)12(10)17/h5-7,10-12,16-17H,2-4H2,1H3,(H,15,18)/t10-,11-,12-/m1/s1. The monoisotopic (exact) mass is 250 g/mol. The van der Waals surface area contributed by atoms with Crippen LogP contribution in [0.1, 0.15) is 35.3 Å². The quantitative estimate of drug-likeness (QED) is 0.709. The summed E-state index contributed by atoms with van der Waals surface area (Å²) in [4.78, 5) is 16.0. The summed E-state index contributed by atoms with van der Waals surface area (Å²) >= 11 is 0. The van der Waals surface area contributed by atoms with Gasteiger partial charge in [-0.3, -0.25) is 9.78 Å². The van der Waals surface area contributed by atoms with Gasteiger partial charge in [0.15, 0.2) is 0 Å². The van der Waals surface area contributed by atoms with Crippen LogP contribution in [0, 0.1) is 6.92 Å². The number of hydrogen-bond acceptors (Lipinski definition) is 4. The molecular weight excluding hydrogens is 232 g/mol. The Hall–Kier alpha value is -1.46. The van der Waals surface area contributed by atoms with E-state index in [0.717, 1.165) is 12.1 Å². The number of carbonyl (C=O) groups is 1. The van der Waals surface area contributed by atoms with Crippen molar-refractivity contribution in [1.29, 1.82) is 0 Å². The summed E-state index contributed by atoms with van der Waals surface area (Å²) in [5.74, 6) is -0.263. The van der Waals surface area contributed by atoms with E-state index in [1.165, 1.54) is 6.20 Å². The summed E-state index contributed by atoms with van der Waals surface area (Å²) in [6, 6.07) is 3.08. The van der Waals surface area contributed by atoms with Crippen molar-refractivity contribution in [3.05, 3.63) is 29.6 Å². The number of nitrogens with one attached hydrogen (secondary N) is 1. The van der Waals surface area contributed by atoms with Gasteiger partial charge in [-0.15, -0.1) is 0 Å². The summed E-state index contributed by atoms with van der Waals surface area (Å²) in [6.45, 7) is 1.85. The fourth-order valence-electron chi connectivity index (χ4n) is 2.17. The average Bonchev–Trinajstić information content (AvgIpc) is 2.36. The Morgan fingerprint density at radius 2 is 2.17 bits per heavy atom. The lowest BCUT2D eigenvalue weighted by molar-refractivity contribution is -0.0278. The summed E-state index contributed by atoms with van der Waals surface area (Å²) in [6.07, 6.45) is 1.94. The van der Waals surface area contributed by atoms with Crippen LogP contribution in [0.25, 0.3) is 0 Å². The minimum atomic E-state index is -0.888. The highest BCUT2D eigenvalue weighted by Crippen LogP contribution is 2.19. The molecule has 0 saturated heterocycles. The molecule has 1 fully saturated rings. The number of aromatic nitrogens is 1. The molecule has 18 heavy (non-hydrogen) atoms. The predicted molar refractivity (Wildman–Crippen MR) is 66.1 cm³/mol. The summed E-state index contributed by atoms with van der Waals surface area (Å²) in [7, 11) is 0. The summed E-state index contributed by atoms with van der Waals surface area (Å²) in [5.41, 5.74) is 1.31. The van der Waals surface area contributed by atoms with Crippen LogP contribution in [0.5, 0.6) is 0 Å². The zero-order chi connectivity index (χ0) is 13.1. The van der Waals surface area contributed by atoms with Gasteiger partial charge >= 0.3 is 0 Å². The van der Waals surface area contributed by atoms with E-state index in [2.05, 4.69) is 10.3 Å². The van der Waals surface area contributed by atoms with Gasteiger partial charge in [-0.2, -0.15) is 0 Å². The molecule has 0 bridgehead atoms. The van der Waals surface area contributed by atoms with Crippen molar-refractivity contribution in [2.45, 2.75) is 44.4 Å². The summed E-state index contributed by atoms with van der Waals surface area (Å²) in [5, 5.41) is 22.1. The first kappa shape index (κ1) is 13.0. The Bertz CT molecular complexity index is 419. The molecule has 0 aliphatic heterocycles. The van der Waals surface area contributed by atoms with Gasteiger partial charge in [-0.25, -0.2) is 0 Å². The number of aryl methyl sites for hydroxylation is 1.